The van der Waals surface area contributed by atoms with Crippen molar-refractivity contribution in [1.29, 1.82) is 0 Å². The van der Waals surface area contributed by atoms with E-state index in [0.717, 1.165) is 0 Å². The Kier molecular flexibility index (Phi) is 4.83. The van der Waals surface area contributed by atoms with Gasteiger partial charge in [0.05, 0.1) is 11.5 Å². The van der Waals surface area contributed by atoms with E-state index in [-0.39, 0.29) is 23.7 Å². The van der Waals surface area contributed by atoms with Gasteiger partial charge in [0.15, 0.2) is 9.84 Å². The highest BCUT2D eigenvalue weighted by Crippen LogP contribution is 2.29. The molecule has 0 aromatic heterocycles. The van der Waals surface area contributed by atoms with Crippen molar-refractivity contribution in [3.8, 4) is 0 Å². The van der Waals surface area contributed by atoms with Crippen LogP contribution in [0.15, 0.2) is 12.1 Å². The molecule has 1 unspecified atom stereocenters. The molecule has 0 radical (unpaired) electrons. The van der Waals surface area contributed by atoms with Crippen LogP contribution in [0.1, 0.15) is 19.4 Å². The summed E-state index contributed by atoms with van der Waals surface area (Å²) in [5, 5.41) is 3.01. The number of nitrogens with zero attached hydrogens (tertiary/aromatic N) is 1. The Morgan fingerprint density at radius 1 is 1.33 bits per heavy atom. The summed E-state index contributed by atoms with van der Waals surface area (Å²) in [7, 11) is -3.12. The lowest BCUT2D eigenvalue weighted by atomic mass is 10.1. The van der Waals surface area contributed by atoms with Crippen LogP contribution in [0.3, 0.4) is 0 Å². The van der Waals surface area contributed by atoms with Crippen LogP contribution in [0.4, 0.5) is 14.5 Å². The number of anilines is 1. The summed E-state index contributed by atoms with van der Waals surface area (Å²) >= 11 is 0. The Bertz CT molecular complexity index is 596. The predicted molar refractivity (Wildman–Crippen MR) is 79.2 cm³/mol. The van der Waals surface area contributed by atoms with Crippen LogP contribution in [0.2, 0.25) is 0 Å². The molecule has 7 heteroatoms. The number of halogens is 2. The molecule has 1 aliphatic rings. The molecule has 1 heterocycles. The molecule has 1 aliphatic heterocycles. The van der Waals surface area contributed by atoms with E-state index in [4.69, 9.17) is 0 Å². The van der Waals surface area contributed by atoms with Gasteiger partial charge in [-0.3, -0.25) is 0 Å². The molecule has 1 fully saturated rings. The number of rotatable bonds is 4. The zero-order valence-corrected chi connectivity index (χ0v) is 13.0. The Labute approximate surface area is 124 Å². The third-order valence-corrected chi connectivity index (χ3v) is 5.41. The fraction of sp³-hybridized carbons (Fsp3) is 0.571. The van der Waals surface area contributed by atoms with Crippen LogP contribution in [-0.4, -0.2) is 39.1 Å². The highest BCUT2D eigenvalue weighted by atomic mass is 32.2. The van der Waals surface area contributed by atoms with Crippen LogP contribution in [0.5, 0.6) is 0 Å². The highest BCUT2D eigenvalue weighted by Gasteiger charge is 2.31. The van der Waals surface area contributed by atoms with Gasteiger partial charge >= 0.3 is 0 Å². The van der Waals surface area contributed by atoms with E-state index >= 15 is 0 Å². The summed E-state index contributed by atoms with van der Waals surface area (Å²) in [5.41, 5.74) is 0.408. The molecule has 1 N–H and O–H groups in total. The lowest BCUT2D eigenvalue weighted by molar-refractivity contribution is 0.536. The second kappa shape index (κ2) is 6.27. The molecular weight excluding hydrogens is 298 g/mol. The van der Waals surface area contributed by atoms with E-state index in [1.807, 2.05) is 6.92 Å². The molecule has 0 spiro atoms. The molecule has 0 saturated carbocycles. The number of sulfone groups is 1. The maximum atomic E-state index is 14.2. The lowest BCUT2D eigenvalue weighted by Crippen LogP contribution is -2.47. The average molecular weight is 318 g/mol. The fourth-order valence-electron chi connectivity index (χ4n) is 2.59. The van der Waals surface area contributed by atoms with E-state index in [9.17, 15) is 17.2 Å². The number of hydrogen-bond acceptors (Lipinski definition) is 4. The Hall–Kier alpha value is -1.21. The number of benzene rings is 1. The largest absolute Gasteiger partial charge is 0.362 e. The van der Waals surface area contributed by atoms with Gasteiger partial charge in [0.2, 0.25) is 0 Å². The molecule has 0 amide bonds. The summed E-state index contributed by atoms with van der Waals surface area (Å²) in [6.07, 6.45) is 0. The van der Waals surface area contributed by atoms with Gasteiger partial charge in [-0.15, -0.1) is 0 Å². The molecule has 0 aliphatic carbocycles. The van der Waals surface area contributed by atoms with Crippen molar-refractivity contribution in [2.75, 3.05) is 29.5 Å². The summed E-state index contributed by atoms with van der Waals surface area (Å²) in [6.45, 7) is 4.81. The van der Waals surface area contributed by atoms with Gasteiger partial charge in [-0.2, -0.15) is 0 Å². The third kappa shape index (κ3) is 3.71. The topological polar surface area (TPSA) is 49.4 Å². The van der Waals surface area contributed by atoms with Crippen LogP contribution in [-0.2, 0) is 16.4 Å². The van der Waals surface area contributed by atoms with Crippen LogP contribution in [0, 0.1) is 11.6 Å². The summed E-state index contributed by atoms with van der Waals surface area (Å²) in [4.78, 5) is 1.50. The SMILES string of the molecule is CCNCc1cc(F)c(N2CCS(=O)(=O)CC2C)c(F)c1. The maximum absolute atomic E-state index is 14.2. The van der Waals surface area contributed by atoms with Crippen molar-refractivity contribution < 1.29 is 17.2 Å². The molecule has 4 nitrogen and oxygen atoms in total. The molecule has 1 saturated heterocycles. The van der Waals surface area contributed by atoms with Gasteiger partial charge in [-0.25, -0.2) is 17.2 Å². The first-order valence-corrected chi connectivity index (χ1v) is 8.82. The first kappa shape index (κ1) is 16.2. The van der Waals surface area contributed by atoms with Crippen molar-refractivity contribution in [2.45, 2.75) is 26.4 Å². The molecule has 1 aromatic rings. The minimum absolute atomic E-state index is 0.0740. The standard InChI is InChI=1S/C14H20F2N2O2S/c1-3-17-8-11-6-12(15)14(13(16)7-11)18-4-5-21(19,20)9-10(18)2/h6-7,10,17H,3-5,8-9H2,1-2H3. The van der Waals surface area contributed by atoms with Crippen molar-refractivity contribution in [3.05, 3.63) is 29.3 Å². The van der Waals surface area contributed by atoms with Crippen molar-refractivity contribution in [2.24, 2.45) is 0 Å². The zero-order valence-electron chi connectivity index (χ0n) is 12.2. The van der Waals surface area contributed by atoms with Gasteiger partial charge in [-0.1, -0.05) is 6.92 Å². The van der Waals surface area contributed by atoms with Crippen molar-refractivity contribution >= 4 is 15.5 Å². The fourth-order valence-corrected chi connectivity index (χ4v) is 4.15. The van der Waals surface area contributed by atoms with Crippen LogP contribution >= 0.6 is 0 Å². The number of hydrogen-bond donors (Lipinski definition) is 1. The van der Waals surface area contributed by atoms with Gasteiger partial charge in [0.25, 0.3) is 0 Å². The Morgan fingerprint density at radius 2 is 1.95 bits per heavy atom. The van der Waals surface area contributed by atoms with Crippen molar-refractivity contribution in [1.82, 2.24) is 5.32 Å². The van der Waals surface area contributed by atoms with Gasteiger partial charge in [0, 0.05) is 19.1 Å². The van der Waals surface area contributed by atoms with Crippen LogP contribution < -0.4 is 10.2 Å². The Balaban J connectivity index is 2.28. The third-order valence-electron chi connectivity index (χ3n) is 3.61. The quantitative estimate of drug-likeness (QED) is 0.918. The van der Waals surface area contributed by atoms with Gasteiger partial charge in [0.1, 0.15) is 17.3 Å². The second-order valence-corrected chi connectivity index (χ2v) is 7.57. The molecule has 1 aromatic carbocycles. The van der Waals surface area contributed by atoms with Gasteiger partial charge in [-0.05, 0) is 31.2 Å². The van der Waals surface area contributed by atoms with E-state index in [0.29, 0.717) is 18.7 Å². The normalized spacial score (nSPS) is 21.5. The second-order valence-electron chi connectivity index (χ2n) is 5.35. The first-order chi connectivity index (χ1) is 9.84. The average Bonchev–Trinajstić information content (AvgIpc) is 2.37. The Morgan fingerprint density at radius 3 is 2.48 bits per heavy atom. The first-order valence-electron chi connectivity index (χ1n) is 6.99. The molecule has 118 valence electrons. The molecule has 0 bridgehead atoms. The number of nitrogens with one attached hydrogen (secondary N) is 1. The van der Waals surface area contributed by atoms with E-state index in [2.05, 4.69) is 5.32 Å². The molecular formula is C14H20F2N2O2S. The molecule has 21 heavy (non-hydrogen) atoms. The zero-order chi connectivity index (χ0) is 15.6. The summed E-state index contributed by atoms with van der Waals surface area (Å²) < 4.78 is 51.6. The summed E-state index contributed by atoms with van der Waals surface area (Å²) in [6, 6.07) is 2.17. The van der Waals surface area contributed by atoms with E-state index in [1.54, 1.807) is 6.92 Å². The minimum atomic E-state index is -3.12. The summed E-state index contributed by atoms with van der Waals surface area (Å²) in [5.74, 6) is -1.44. The van der Waals surface area contributed by atoms with Gasteiger partial charge < -0.3 is 10.2 Å². The molecule has 1 atom stereocenters. The molecule has 2 rings (SSSR count). The lowest BCUT2D eigenvalue weighted by Gasteiger charge is -2.35. The van der Waals surface area contributed by atoms with E-state index in [1.165, 1.54) is 17.0 Å². The smallest absolute Gasteiger partial charge is 0.154 e. The highest BCUT2D eigenvalue weighted by molar-refractivity contribution is 7.91. The predicted octanol–water partition coefficient (Wildman–Crippen LogP) is 1.70. The van der Waals surface area contributed by atoms with Crippen LogP contribution in [0.25, 0.3) is 0 Å². The maximum Gasteiger partial charge on any atom is 0.154 e. The minimum Gasteiger partial charge on any atom is -0.362 e. The monoisotopic (exact) mass is 318 g/mol. The van der Waals surface area contributed by atoms with E-state index < -0.39 is 27.5 Å². The van der Waals surface area contributed by atoms with Crippen molar-refractivity contribution in [3.63, 3.8) is 0 Å².